The van der Waals surface area contributed by atoms with Crippen LogP contribution in [0.15, 0.2) is 48.5 Å². The second-order valence-electron chi connectivity index (χ2n) is 8.38. The lowest BCUT2D eigenvalue weighted by Crippen LogP contribution is -2.28. The van der Waals surface area contributed by atoms with E-state index < -0.39 is 12.1 Å². The Hall–Kier alpha value is -3.35. The van der Waals surface area contributed by atoms with E-state index in [2.05, 4.69) is 29.6 Å². The fraction of sp³-hybridized carbons (Fsp3) is 0.423. The van der Waals surface area contributed by atoms with Gasteiger partial charge in [0.15, 0.2) is 0 Å². The second-order valence-corrected chi connectivity index (χ2v) is 8.38. The first-order valence-electron chi connectivity index (χ1n) is 11.5. The van der Waals surface area contributed by atoms with E-state index >= 15 is 0 Å². The number of carbonyl (C=O) groups is 3. The summed E-state index contributed by atoms with van der Waals surface area (Å²) >= 11 is 0. The second kappa shape index (κ2) is 12.0. The Labute approximate surface area is 194 Å². The fourth-order valence-corrected chi connectivity index (χ4v) is 4.17. The summed E-state index contributed by atoms with van der Waals surface area (Å²) in [5.41, 5.74) is 4.78. The smallest absolute Gasteiger partial charge is 0.407 e. The van der Waals surface area contributed by atoms with Crippen molar-refractivity contribution in [3.8, 4) is 11.1 Å². The molecule has 0 saturated heterocycles. The van der Waals surface area contributed by atoms with Gasteiger partial charge in [-0.2, -0.15) is 0 Å². The van der Waals surface area contributed by atoms with Gasteiger partial charge in [0.05, 0.1) is 6.42 Å². The molecule has 33 heavy (non-hydrogen) atoms. The van der Waals surface area contributed by atoms with Crippen LogP contribution in [0.1, 0.15) is 55.6 Å². The molecule has 1 aliphatic rings. The summed E-state index contributed by atoms with van der Waals surface area (Å²) in [5, 5.41) is 11.5. The Morgan fingerprint density at radius 1 is 0.909 bits per heavy atom. The van der Waals surface area contributed by atoms with Crippen molar-refractivity contribution in [3.05, 3.63) is 59.7 Å². The number of aliphatic carboxylic acids is 1. The Morgan fingerprint density at radius 3 is 2.15 bits per heavy atom. The van der Waals surface area contributed by atoms with Gasteiger partial charge in [0.2, 0.25) is 5.91 Å². The normalized spacial score (nSPS) is 12.0. The van der Waals surface area contributed by atoms with Gasteiger partial charge in [0.25, 0.3) is 0 Å². The highest BCUT2D eigenvalue weighted by molar-refractivity contribution is 5.79. The molecule has 0 unspecified atom stereocenters. The number of nitrogens with one attached hydrogen (secondary N) is 1. The zero-order chi connectivity index (χ0) is 23.6. The predicted molar refractivity (Wildman–Crippen MR) is 126 cm³/mol. The first kappa shape index (κ1) is 24.3. The average Bonchev–Trinajstić information content (AvgIpc) is 3.14. The molecular formula is C26H32N2O5. The maximum atomic E-state index is 12.2. The number of hydrogen-bond donors (Lipinski definition) is 2. The maximum Gasteiger partial charge on any atom is 0.407 e. The van der Waals surface area contributed by atoms with Crippen molar-refractivity contribution < 1.29 is 24.2 Å². The van der Waals surface area contributed by atoms with Crippen LogP contribution < -0.4 is 5.32 Å². The Bertz CT molecular complexity index is 929. The molecule has 2 aromatic carbocycles. The van der Waals surface area contributed by atoms with Crippen LogP contribution in [0.5, 0.6) is 0 Å². The molecule has 2 aromatic rings. The Morgan fingerprint density at radius 2 is 1.52 bits per heavy atom. The molecule has 7 heteroatoms. The summed E-state index contributed by atoms with van der Waals surface area (Å²) in [6.45, 7) is 1.07. The lowest BCUT2D eigenvalue weighted by atomic mass is 9.98. The minimum Gasteiger partial charge on any atom is -0.481 e. The van der Waals surface area contributed by atoms with Crippen LogP contribution in [0.4, 0.5) is 4.79 Å². The molecule has 176 valence electrons. The number of ether oxygens (including phenoxy) is 1. The van der Waals surface area contributed by atoms with E-state index in [1.165, 1.54) is 27.2 Å². The van der Waals surface area contributed by atoms with Gasteiger partial charge < -0.3 is 20.1 Å². The highest BCUT2D eigenvalue weighted by Crippen LogP contribution is 2.44. The summed E-state index contributed by atoms with van der Waals surface area (Å²) < 4.78 is 5.52. The van der Waals surface area contributed by atoms with Crippen LogP contribution in [0.25, 0.3) is 11.1 Å². The van der Waals surface area contributed by atoms with Gasteiger partial charge in [0.1, 0.15) is 6.61 Å². The minimum absolute atomic E-state index is 0.0342. The van der Waals surface area contributed by atoms with E-state index in [9.17, 15) is 14.4 Å². The van der Waals surface area contributed by atoms with E-state index in [1.807, 2.05) is 24.3 Å². The number of rotatable bonds is 12. The molecular weight excluding hydrogens is 420 g/mol. The quantitative estimate of drug-likeness (QED) is 0.465. The van der Waals surface area contributed by atoms with Crippen molar-refractivity contribution in [1.82, 2.24) is 10.2 Å². The largest absolute Gasteiger partial charge is 0.481 e. The summed E-state index contributed by atoms with van der Waals surface area (Å²) in [7, 11) is 1.63. The standard InChI is InChI=1S/C26H32N2O5/c1-28(17-15-25(30)31)24(29)14-4-2-3-9-16-27-26(32)33-18-23-21-12-7-5-10-19(21)20-11-6-8-13-22(20)23/h5-8,10-13,23H,2-4,9,14-18H2,1H3,(H,27,32)(H,30,31). The summed E-state index contributed by atoms with van der Waals surface area (Å²) in [6, 6.07) is 16.5. The third kappa shape index (κ3) is 6.81. The molecule has 0 saturated carbocycles. The highest BCUT2D eigenvalue weighted by atomic mass is 16.5. The van der Waals surface area contributed by atoms with Crippen molar-refractivity contribution in [2.75, 3.05) is 26.7 Å². The van der Waals surface area contributed by atoms with Crippen LogP contribution in [-0.4, -0.2) is 54.7 Å². The SMILES string of the molecule is CN(CCC(=O)O)C(=O)CCCCCCNC(=O)OCC1c2ccccc2-c2ccccc21. The summed E-state index contributed by atoms with van der Waals surface area (Å²) in [5.74, 6) is -0.888. The van der Waals surface area contributed by atoms with E-state index in [-0.39, 0.29) is 24.8 Å². The molecule has 3 rings (SSSR count). The van der Waals surface area contributed by atoms with Crippen LogP contribution in [0.2, 0.25) is 0 Å². The molecule has 0 atom stereocenters. The lowest BCUT2D eigenvalue weighted by molar-refractivity contribution is -0.138. The molecule has 0 radical (unpaired) electrons. The number of unbranched alkanes of at least 4 members (excludes halogenated alkanes) is 3. The Balaban J connectivity index is 1.30. The Kier molecular flexibility index (Phi) is 8.87. The van der Waals surface area contributed by atoms with Crippen LogP contribution in [0, 0.1) is 0 Å². The van der Waals surface area contributed by atoms with Gasteiger partial charge in [-0.05, 0) is 35.1 Å². The number of alkyl carbamates (subject to hydrolysis) is 1. The molecule has 0 spiro atoms. The molecule has 0 aromatic heterocycles. The molecule has 0 bridgehead atoms. The third-order valence-corrected chi connectivity index (χ3v) is 6.02. The number of hydrogen-bond acceptors (Lipinski definition) is 4. The van der Waals surface area contributed by atoms with E-state index in [0.717, 1.165) is 25.7 Å². The van der Waals surface area contributed by atoms with Crippen molar-refractivity contribution in [3.63, 3.8) is 0 Å². The number of amides is 2. The number of carbonyl (C=O) groups excluding carboxylic acids is 2. The molecule has 2 amide bonds. The van der Waals surface area contributed by atoms with Crippen molar-refractivity contribution >= 4 is 18.0 Å². The topological polar surface area (TPSA) is 95.9 Å². The van der Waals surface area contributed by atoms with Crippen molar-refractivity contribution in [2.45, 2.75) is 44.4 Å². The van der Waals surface area contributed by atoms with Crippen molar-refractivity contribution in [1.29, 1.82) is 0 Å². The number of carboxylic acids is 1. The van der Waals surface area contributed by atoms with Crippen LogP contribution >= 0.6 is 0 Å². The molecule has 2 N–H and O–H groups in total. The van der Waals surface area contributed by atoms with Crippen LogP contribution in [-0.2, 0) is 14.3 Å². The van der Waals surface area contributed by atoms with E-state index in [1.54, 1.807) is 7.05 Å². The van der Waals surface area contributed by atoms with Crippen LogP contribution in [0.3, 0.4) is 0 Å². The minimum atomic E-state index is -0.904. The van der Waals surface area contributed by atoms with Crippen molar-refractivity contribution in [2.24, 2.45) is 0 Å². The monoisotopic (exact) mass is 452 g/mol. The maximum absolute atomic E-state index is 12.2. The third-order valence-electron chi connectivity index (χ3n) is 6.02. The molecule has 0 aliphatic heterocycles. The van der Waals surface area contributed by atoms with E-state index in [0.29, 0.717) is 19.6 Å². The van der Waals surface area contributed by atoms with Gasteiger partial charge in [-0.3, -0.25) is 9.59 Å². The summed E-state index contributed by atoms with van der Waals surface area (Å²) in [4.78, 5) is 36.1. The molecule has 1 aliphatic carbocycles. The zero-order valence-corrected chi connectivity index (χ0v) is 19.1. The molecule has 7 nitrogen and oxygen atoms in total. The number of benzene rings is 2. The van der Waals surface area contributed by atoms with Gasteiger partial charge >= 0.3 is 12.1 Å². The van der Waals surface area contributed by atoms with Gasteiger partial charge in [-0.1, -0.05) is 61.4 Å². The number of fused-ring (bicyclic) bond motifs is 3. The molecule has 0 fully saturated rings. The number of nitrogens with zero attached hydrogens (tertiary/aromatic N) is 1. The summed E-state index contributed by atoms with van der Waals surface area (Å²) in [6.07, 6.45) is 3.31. The molecule has 0 heterocycles. The highest BCUT2D eigenvalue weighted by Gasteiger charge is 2.28. The van der Waals surface area contributed by atoms with Gasteiger partial charge in [-0.25, -0.2) is 4.79 Å². The average molecular weight is 453 g/mol. The predicted octanol–water partition coefficient (Wildman–Crippen LogP) is 4.41. The first-order chi connectivity index (χ1) is 16.0. The van der Waals surface area contributed by atoms with E-state index in [4.69, 9.17) is 9.84 Å². The number of carboxylic acid groups (broad SMARTS) is 1. The van der Waals surface area contributed by atoms with Gasteiger partial charge in [0, 0.05) is 32.5 Å². The first-order valence-corrected chi connectivity index (χ1v) is 11.5. The lowest BCUT2D eigenvalue weighted by Gasteiger charge is -2.15. The van der Waals surface area contributed by atoms with Gasteiger partial charge in [-0.15, -0.1) is 0 Å². The fourth-order valence-electron chi connectivity index (χ4n) is 4.17. The zero-order valence-electron chi connectivity index (χ0n) is 19.1.